The van der Waals surface area contributed by atoms with Gasteiger partial charge in [0, 0.05) is 0 Å². The van der Waals surface area contributed by atoms with Crippen molar-refractivity contribution in [2.24, 2.45) is 0 Å². The van der Waals surface area contributed by atoms with E-state index in [1.807, 2.05) is 0 Å². The van der Waals surface area contributed by atoms with Crippen LogP contribution in [0.25, 0.3) is 0 Å². The molecule has 2 aliphatic rings. The van der Waals surface area contributed by atoms with Gasteiger partial charge in [-0.25, -0.2) is 0 Å². The van der Waals surface area contributed by atoms with Gasteiger partial charge in [-0.2, -0.15) is 0 Å². The average Bonchev–Trinajstić information content (AvgIpc) is 2.73. The van der Waals surface area contributed by atoms with Crippen LogP contribution < -0.4 is 0 Å². The van der Waals surface area contributed by atoms with Crippen LogP contribution in [0.1, 0.15) is 12.8 Å². The third-order valence-corrected chi connectivity index (χ3v) is 7.13. The predicted molar refractivity (Wildman–Crippen MR) is 64.6 cm³/mol. The van der Waals surface area contributed by atoms with Crippen molar-refractivity contribution in [1.82, 2.24) is 0 Å². The minimum absolute atomic E-state index is 1.00. The molecule has 0 fully saturated rings. The van der Waals surface area contributed by atoms with E-state index in [-0.39, 0.29) is 0 Å². The summed E-state index contributed by atoms with van der Waals surface area (Å²) in [4.78, 5) is 0. The molecule has 0 aliphatic heterocycles. The van der Waals surface area contributed by atoms with Crippen molar-refractivity contribution in [2.45, 2.75) is 30.1 Å². The summed E-state index contributed by atoms with van der Waals surface area (Å²) in [5, 5.41) is 0. The first-order valence-electron chi connectivity index (χ1n) is 5.27. The number of hydrogen-bond donors (Lipinski definition) is 0. The fourth-order valence-corrected chi connectivity index (χ4v) is 5.77. The van der Waals surface area contributed by atoms with Gasteiger partial charge in [0.2, 0.25) is 0 Å². The van der Waals surface area contributed by atoms with E-state index in [0.29, 0.717) is 0 Å². The van der Waals surface area contributed by atoms with Crippen LogP contribution in [0, 0.1) is 6.08 Å². The Morgan fingerprint density at radius 2 is 1.93 bits per heavy atom. The molecule has 0 aromatic rings. The summed E-state index contributed by atoms with van der Waals surface area (Å²) in [6, 6.07) is 0. The van der Waals surface area contributed by atoms with Gasteiger partial charge in [-0.3, -0.25) is 0 Å². The van der Waals surface area contributed by atoms with Gasteiger partial charge in [-0.15, -0.1) is 0 Å². The monoisotopic (exact) mass is 247 g/mol. The van der Waals surface area contributed by atoms with Crippen LogP contribution in [0.3, 0.4) is 0 Å². The molecule has 0 amide bonds. The standard InChI is InChI=1S/C13H17Ge/c1-14(2,3)13-10-6-9-12(13)11-7-4-5-8-11/h4,6-7,10H,5,9H2,1-3H3. The van der Waals surface area contributed by atoms with Crippen molar-refractivity contribution < 1.29 is 0 Å². The maximum atomic E-state index is 3.44. The van der Waals surface area contributed by atoms with Crippen molar-refractivity contribution in [1.29, 1.82) is 0 Å². The maximum absolute atomic E-state index is 3.44. The molecule has 0 nitrogen and oxygen atoms in total. The van der Waals surface area contributed by atoms with Crippen LogP contribution in [0.15, 0.2) is 39.9 Å². The first-order valence-corrected chi connectivity index (χ1v) is 12.6. The summed E-state index contributed by atoms with van der Waals surface area (Å²) in [6.07, 6.45) is 14.7. The third kappa shape index (κ3) is 1.81. The molecule has 0 saturated heterocycles. The molecule has 0 aromatic heterocycles. The Morgan fingerprint density at radius 1 is 1.14 bits per heavy atom. The molecule has 1 radical (unpaired) electrons. The molecule has 0 bridgehead atoms. The van der Waals surface area contributed by atoms with Crippen LogP contribution in [-0.2, 0) is 0 Å². The zero-order valence-electron chi connectivity index (χ0n) is 9.22. The van der Waals surface area contributed by atoms with Gasteiger partial charge in [-0.05, 0) is 0 Å². The molecule has 2 aliphatic carbocycles. The van der Waals surface area contributed by atoms with E-state index in [2.05, 4.69) is 47.6 Å². The topological polar surface area (TPSA) is 0 Å². The van der Waals surface area contributed by atoms with E-state index >= 15 is 0 Å². The van der Waals surface area contributed by atoms with Crippen LogP contribution in [0.4, 0.5) is 0 Å². The van der Waals surface area contributed by atoms with Crippen LogP contribution in [0.5, 0.6) is 0 Å². The fourth-order valence-electron chi connectivity index (χ4n) is 2.07. The summed E-state index contributed by atoms with van der Waals surface area (Å²) < 4.78 is 1.67. The van der Waals surface area contributed by atoms with E-state index in [1.54, 1.807) is 9.98 Å². The second kappa shape index (κ2) is 3.58. The van der Waals surface area contributed by atoms with Crippen LogP contribution >= 0.6 is 0 Å². The Labute approximate surface area is 89.5 Å². The van der Waals surface area contributed by atoms with Crippen molar-refractivity contribution in [2.75, 3.05) is 0 Å². The molecule has 0 spiro atoms. The molecule has 0 heterocycles. The predicted octanol–water partition coefficient (Wildman–Crippen LogP) is 3.81. The van der Waals surface area contributed by atoms with Gasteiger partial charge in [0.15, 0.2) is 0 Å². The number of allylic oxidation sites excluding steroid dienone is 8. The van der Waals surface area contributed by atoms with Gasteiger partial charge >= 0.3 is 89.3 Å². The Morgan fingerprint density at radius 3 is 2.50 bits per heavy atom. The van der Waals surface area contributed by atoms with Crippen LogP contribution in [-0.4, -0.2) is 13.3 Å². The van der Waals surface area contributed by atoms with Crippen LogP contribution in [0.2, 0.25) is 17.3 Å². The van der Waals surface area contributed by atoms with E-state index < -0.39 is 13.3 Å². The minimum atomic E-state index is -1.65. The molecule has 0 N–H and O–H groups in total. The quantitative estimate of drug-likeness (QED) is 0.649. The Bertz CT molecular complexity index is 359. The molecule has 14 heavy (non-hydrogen) atoms. The van der Waals surface area contributed by atoms with Crippen molar-refractivity contribution >= 4 is 13.3 Å². The second-order valence-electron chi connectivity index (χ2n) is 4.95. The molecular formula is C13H17Ge. The van der Waals surface area contributed by atoms with Gasteiger partial charge < -0.3 is 0 Å². The van der Waals surface area contributed by atoms with Crippen molar-refractivity contribution in [3.05, 3.63) is 45.9 Å². The molecule has 73 valence electrons. The fraction of sp³-hybridized carbons (Fsp3) is 0.385. The molecule has 0 aromatic carbocycles. The molecule has 2 rings (SSSR count). The van der Waals surface area contributed by atoms with Crippen molar-refractivity contribution in [3.8, 4) is 0 Å². The molecule has 0 saturated carbocycles. The number of rotatable bonds is 2. The molecular weight excluding hydrogens is 229 g/mol. The normalized spacial score (nSPS) is 20.9. The second-order valence-corrected chi connectivity index (χ2v) is 15.5. The van der Waals surface area contributed by atoms with Crippen molar-refractivity contribution in [3.63, 3.8) is 0 Å². The third-order valence-electron chi connectivity index (χ3n) is 2.76. The first-order chi connectivity index (χ1) is 6.59. The Kier molecular flexibility index (Phi) is 2.56. The van der Waals surface area contributed by atoms with E-state index in [1.165, 1.54) is 5.57 Å². The van der Waals surface area contributed by atoms with Gasteiger partial charge in [0.1, 0.15) is 0 Å². The molecule has 1 heteroatoms. The zero-order chi connectivity index (χ0) is 10.2. The Balaban J connectivity index is 2.39. The van der Waals surface area contributed by atoms with Gasteiger partial charge in [-0.1, -0.05) is 0 Å². The summed E-state index contributed by atoms with van der Waals surface area (Å²) in [7, 11) is 0. The van der Waals surface area contributed by atoms with E-state index in [0.717, 1.165) is 12.8 Å². The van der Waals surface area contributed by atoms with Gasteiger partial charge in [0.25, 0.3) is 0 Å². The summed E-state index contributed by atoms with van der Waals surface area (Å²) in [5.74, 6) is 7.39. The summed E-state index contributed by atoms with van der Waals surface area (Å²) >= 11 is -1.65. The van der Waals surface area contributed by atoms with E-state index in [9.17, 15) is 0 Å². The molecule has 0 atom stereocenters. The van der Waals surface area contributed by atoms with Gasteiger partial charge in [0.05, 0.1) is 0 Å². The molecule has 0 unspecified atom stereocenters. The average molecular weight is 246 g/mol. The summed E-state index contributed by atoms with van der Waals surface area (Å²) in [6.45, 7) is 0. The van der Waals surface area contributed by atoms with E-state index in [4.69, 9.17) is 0 Å². The summed E-state index contributed by atoms with van der Waals surface area (Å²) in [5.41, 5.74) is 2.93. The SMILES string of the molecule is [CH3][Ge]([CH3])([CH3])[C]1=C(C2=[C]CC=C2)CC=C1. The number of hydrogen-bond acceptors (Lipinski definition) is 0. The first kappa shape index (κ1) is 10.0. The Hall–Kier alpha value is -0.497. The zero-order valence-corrected chi connectivity index (χ0v) is 11.3.